The van der Waals surface area contributed by atoms with Crippen molar-refractivity contribution in [2.45, 2.75) is 25.7 Å². The van der Waals surface area contributed by atoms with Gasteiger partial charge in [-0.25, -0.2) is 0 Å². The number of nitriles is 1. The summed E-state index contributed by atoms with van der Waals surface area (Å²) in [4.78, 5) is 0. The van der Waals surface area contributed by atoms with Gasteiger partial charge in [-0.05, 0) is 30.9 Å². The largest absolute Gasteiger partial charge is 0.396 e. The first-order valence-electron chi connectivity index (χ1n) is 6.54. The molecule has 98 valence electrons. The number of aliphatic hydroxyl groups excluding tert-OH is 1. The van der Waals surface area contributed by atoms with Crippen molar-refractivity contribution < 1.29 is 5.11 Å². The van der Waals surface area contributed by atoms with Gasteiger partial charge in [-0.2, -0.15) is 5.26 Å². The van der Waals surface area contributed by atoms with E-state index in [1.807, 2.05) is 37.3 Å². The van der Waals surface area contributed by atoms with Crippen LogP contribution >= 0.6 is 0 Å². The van der Waals surface area contributed by atoms with Crippen molar-refractivity contribution in [2.24, 2.45) is 5.92 Å². The van der Waals surface area contributed by atoms with Crippen molar-refractivity contribution in [3.05, 3.63) is 35.9 Å². The summed E-state index contributed by atoms with van der Waals surface area (Å²) in [7, 11) is 0. The summed E-state index contributed by atoms with van der Waals surface area (Å²) in [6.45, 7) is 3.89. The summed E-state index contributed by atoms with van der Waals surface area (Å²) in [6, 6.07) is 12.2. The van der Waals surface area contributed by atoms with Gasteiger partial charge in [0.25, 0.3) is 0 Å². The van der Waals surface area contributed by atoms with Crippen molar-refractivity contribution in [2.75, 3.05) is 19.7 Å². The Kier molecular flexibility index (Phi) is 7.09. The molecule has 1 rings (SSSR count). The number of nitrogens with zero attached hydrogens (tertiary/aromatic N) is 1. The van der Waals surface area contributed by atoms with Crippen molar-refractivity contribution in [3.63, 3.8) is 0 Å². The molecule has 18 heavy (non-hydrogen) atoms. The summed E-state index contributed by atoms with van der Waals surface area (Å²) < 4.78 is 0. The van der Waals surface area contributed by atoms with Gasteiger partial charge < -0.3 is 10.4 Å². The normalized spacial score (nSPS) is 13.8. The Morgan fingerprint density at radius 2 is 2.06 bits per heavy atom. The molecule has 0 aliphatic carbocycles. The molecule has 0 bridgehead atoms. The van der Waals surface area contributed by atoms with Crippen LogP contribution < -0.4 is 5.32 Å². The van der Waals surface area contributed by atoms with Crippen LogP contribution in [0, 0.1) is 17.2 Å². The van der Waals surface area contributed by atoms with Crippen LogP contribution in [0.2, 0.25) is 0 Å². The molecule has 0 fully saturated rings. The van der Waals surface area contributed by atoms with Gasteiger partial charge in [-0.15, -0.1) is 0 Å². The van der Waals surface area contributed by atoms with Crippen LogP contribution in [0.4, 0.5) is 0 Å². The first-order chi connectivity index (χ1) is 8.77. The van der Waals surface area contributed by atoms with Gasteiger partial charge in [0, 0.05) is 13.2 Å². The number of aliphatic hydroxyl groups is 1. The van der Waals surface area contributed by atoms with E-state index in [0.29, 0.717) is 12.5 Å². The fourth-order valence-electron chi connectivity index (χ4n) is 1.84. The maximum Gasteiger partial charge on any atom is 0.0837 e. The molecule has 3 heteroatoms. The zero-order chi connectivity index (χ0) is 13.2. The van der Waals surface area contributed by atoms with Gasteiger partial charge in [0.15, 0.2) is 0 Å². The van der Waals surface area contributed by atoms with E-state index in [1.54, 1.807) is 0 Å². The summed E-state index contributed by atoms with van der Waals surface area (Å²) in [5.41, 5.74) is 1.07. The Morgan fingerprint density at radius 3 is 2.67 bits per heavy atom. The minimum absolute atomic E-state index is 0.0820. The van der Waals surface area contributed by atoms with Gasteiger partial charge in [0.05, 0.1) is 12.0 Å². The third kappa shape index (κ3) is 5.31. The first kappa shape index (κ1) is 14.7. The molecule has 3 nitrogen and oxygen atoms in total. The van der Waals surface area contributed by atoms with Gasteiger partial charge in [0.2, 0.25) is 0 Å². The number of hydrogen-bond acceptors (Lipinski definition) is 3. The lowest BCUT2D eigenvalue weighted by molar-refractivity contribution is 0.228. The first-order valence-corrected chi connectivity index (χ1v) is 6.54. The van der Waals surface area contributed by atoms with Crippen molar-refractivity contribution in [1.82, 2.24) is 5.32 Å². The molecule has 2 atom stereocenters. The maximum absolute atomic E-state index is 9.14. The van der Waals surface area contributed by atoms with E-state index in [1.165, 1.54) is 0 Å². The van der Waals surface area contributed by atoms with E-state index in [2.05, 4.69) is 11.4 Å². The Bertz CT molecular complexity index is 359. The third-order valence-electron chi connectivity index (χ3n) is 3.07. The highest BCUT2D eigenvalue weighted by molar-refractivity contribution is 5.24. The molecule has 0 radical (unpaired) electrons. The summed E-state index contributed by atoms with van der Waals surface area (Å²) >= 11 is 0. The van der Waals surface area contributed by atoms with Gasteiger partial charge >= 0.3 is 0 Å². The summed E-state index contributed by atoms with van der Waals surface area (Å²) in [5, 5.41) is 21.4. The zero-order valence-electron chi connectivity index (χ0n) is 11.0. The van der Waals surface area contributed by atoms with Crippen LogP contribution in [0.15, 0.2) is 30.3 Å². The third-order valence-corrected chi connectivity index (χ3v) is 3.07. The molecule has 1 aromatic rings. The molecule has 1 aromatic carbocycles. The monoisotopic (exact) mass is 246 g/mol. The Morgan fingerprint density at radius 1 is 1.33 bits per heavy atom. The van der Waals surface area contributed by atoms with Crippen molar-refractivity contribution in [3.8, 4) is 6.07 Å². The second kappa shape index (κ2) is 8.68. The van der Waals surface area contributed by atoms with Crippen LogP contribution in [0.1, 0.15) is 31.2 Å². The Hall–Kier alpha value is -1.37. The van der Waals surface area contributed by atoms with Gasteiger partial charge in [-0.1, -0.05) is 37.3 Å². The highest BCUT2D eigenvalue weighted by Gasteiger charge is 2.09. The lowest BCUT2D eigenvalue weighted by Crippen LogP contribution is -2.22. The number of hydrogen-bond donors (Lipinski definition) is 2. The minimum atomic E-state index is -0.0820. The molecule has 0 saturated carbocycles. The van der Waals surface area contributed by atoms with E-state index in [4.69, 9.17) is 10.4 Å². The van der Waals surface area contributed by atoms with Crippen LogP contribution in [-0.2, 0) is 0 Å². The fraction of sp³-hybridized carbons (Fsp3) is 0.533. The molecular formula is C15H22N2O. The second-order valence-electron chi connectivity index (χ2n) is 4.73. The smallest absolute Gasteiger partial charge is 0.0837 e. The predicted molar refractivity (Wildman–Crippen MR) is 73.1 cm³/mol. The van der Waals surface area contributed by atoms with E-state index in [-0.39, 0.29) is 12.5 Å². The number of nitrogens with one attached hydrogen (secondary N) is 1. The highest BCUT2D eigenvalue weighted by Crippen LogP contribution is 2.13. The van der Waals surface area contributed by atoms with E-state index in [0.717, 1.165) is 24.9 Å². The SMILES string of the molecule is CC(CO)CCCNCC(C#N)c1ccccc1. The molecule has 2 unspecified atom stereocenters. The highest BCUT2D eigenvalue weighted by atomic mass is 16.3. The Balaban J connectivity index is 2.23. The minimum Gasteiger partial charge on any atom is -0.396 e. The molecule has 0 spiro atoms. The quantitative estimate of drug-likeness (QED) is 0.692. The van der Waals surface area contributed by atoms with Crippen molar-refractivity contribution in [1.29, 1.82) is 5.26 Å². The predicted octanol–water partition coefficient (Wildman–Crippen LogP) is 2.29. The van der Waals surface area contributed by atoms with E-state index in [9.17, 15) is 0 Å². The lowest BCUT2D eigenvalue weighted by Gasteiger charge is -2.12. The lowest BCUT2D eigenvalue weighted by atomic mass is 10.0. The molecule has 0 amide bonds. The fourth-order valence-corrected chi connectivity index (χ4v) is 1.84. The van der Waals surface area contributed by atoms with Gasteiger partial charge in [0.1, 0.15) is 0 Å². The number of benzene rings is 1. The molecule has 2 N–H and O–H groups in total. The average Bonchev–Trinajstić information content (AvgIpc) is 2.43. The van der Waals surface area contributed by atoms with Crippen LogP contribution in [0.25, 0.3) is 0 Å². The van der Waals surface area contributed by atoms with E-state index >= 15 is 0 Å². The summed E-state index contributed by atoms with van der Waals surface area (Å²) in [6.07, 6.45) is 2.06. The van der Waals surface area contributed by atoms with E-state index < -0.39 is 0 Å². The average molecular weight is 246 g/mol. The molecule has 0 aromatic heterocycles. The van der Waals surface area contributed by atoms with Crippen LogP contribution in [0.3, 0.4) is 0 Å². The van der Waals surface area contributed by atoms with Crippen LogP contribution in [0.5, 0.6) is 0 Å². The second-order valence-corrected chi connectivity index (χ2v) is 4.73. The number of rotatable bonds is 8. The van der Waals surface area contributed by atoms with Gasteiger partial charge in [-0.3, -0.25) is 0 Å². The summed E-state index contributed by atoms with van der Waals surface area (Å²) in [5.74, 6) is 0.286. The topological polar surface area (TPSA) is 56.0 Å². The Labute approximate surface area is 109 Å². The van der Waals surface area contributed by atoms with Crippen molar-refractivity contribution >= 4 is 0 Å². The zero-order valence-corrected chi connectivity index (χ0v) is 11.0. The molecular weight excluding hydrogens is 224 g/mol. The molecule has 0 aliphatic rings. The maximum atomic E-state index is 9.14. The molecule has 0 heterocycles. The molecule has 0 saturated heterocycles. The van der Waals surface area contributed by atoms with Crippen LogP contribution in [-0.4, -0.2) is 24.8 Å². The molecule has 0 aliphatic heterocycles. The standard InChI is InChI=1S/C15H22N2O/c1-13(12-18)6-5-9-17-11-15(10-16)14-7-3-2-4-8-14/h2-4,7-8,13,15,17-18H,5-6,9,11-12H2,1H3.